The molecular weight excluding hydrogens is 248 g/mol. The van der Waals surface area contributed by atoms with Crippen LogP contribution in [0.3, 0.4) is 0 Å². The van der Waals surface area contributed by atoms with Crippen LogP contribution in [0.1, 0.15) is 17.8 Å². The van der Waals surface area contributed by atoms with Gasteiger partial charge < -0.3 is 10.3 Å². The topological polar surface area (TPSA) is 112 Å². The third kappa shape index (κ3) is 3.88. The van der Waals surface area contributed by atoms with E-state index >= 15 is 0 Å². The fourth-order valence-corrected chi connectivity index (χ4v) is 1.56. The summed E-state index contributed by atoms with van der Waals surface area (Å²) in [6.45, 7) is 2.47. The maximum absolute atomic E-state index is 11.7. The van der Waals surface area contributed by atoms with E-state index in [0.717, 1.165) is 18.5 Å². The number of aromatic nitrogens is 4. The van der Waals surface area contributed by atoms with E-state index in [2.05, 4.69) is 20.8 Å². The lowest BCUT2D eigenvalue weighted by Crippen LogP contribution is -2.18. The molecule has 0 unspecified atom stereocenters. The lowest BCUT2D eigenvalue weighted by Gasteiger charge is -1.99. The maximum Gasteiger partial charge on any atom is 0.248 e. The third-order valence-electron chi connectivity index (χ3n) is 2.42. The van der Waals surface area contributed by atoms with Crippen molar-refractivity contribution in [3.05, 3.63) is 23.7 Å². The smallest absolute Gasteiger partial charge is 0.248 e. The van der Waals surface area contributed by atoms with Gasteiger partial charge in [0.05, 0.1) is 11.4 Å². The minimum absolute atomic E-state index is 0.0787. The Bertz CT molecular complexity index is 547. The standard InChI is InChI=1S/C11H16N6O2/c1-8-5-11(19-15-8)13-10(18)7-17-6-9(14-16-17)3-2-4-12/h5-6H,2-4,7,12H2,1H3,(H,13,18). The molecule has 2 rings (SSSR count). The summed E-state index contributed by atoms with van der Waals surface area (Å²) in [6.07, 6.45) is 3.35. The van der Waals surface area contributed by atoms with Crippen molar-refractivity contribution in [3.8, 4) is 0 Å². The second kappa shape index (κ2) is 6.10. The number of nitrogens with one attached hydrogen (secondary N) is 1. The van der Waals surface area contributed by atoms with Gasteiger partial charge >= 0.3 is 0 Å². The van der Waals surface area contributed by atoms with Gasteiger partial charge in [-0.15, -0.1) is 5.10 Å². The van der Waals surface area contributed by atoms with E-state index < -0.39 is 0 Å². The first-order valence-corrected chi connectivity index (χ1v) is 5.99. The van der Waals surface area contributed by atoms with Crippen molar-refractivity contribution in [2.75, 3.05) is 11.9 Å². The Balaban J connectivity index is 1.86. The number of hydrogen-bond acceptors (Lipinski definition) is 6. The van der Waals surface area contributed by atoms with Crippen LogP contribution in [0.2, 0.25) is 0 Å². The van der Waals surface area contributed by atoms with E-state index in [1.165, 1.54) is 4.68 Å². The molecular formula is C11H16N6O2. The van der Waals surface area contributed by atoms with E-state index in [4.69, 9.17) is 10.3 Å². The Morgan fingerprint density at radius 2 is 2.42 bits per heavy atom. The van der Waals surface area contributed by atoms with E-state index in [9.17, 15) is 4.79 Å². The second-order valence-corrected chi connectivity index (χ2v) is 4.18. The summed E-state index contributed by atoms with van der Waals surface area (Å²) in [7, 11) is 0. The summed E-state index contributed by atoms with van der Waals surface area (Å²) >= 11 is 0. The van der Waals surface area contributed by atoms with E-state index in [1.807, 2.05) is 0 Å². The van der Waals surface area contributed by atoms with Gasteiger partial charge in [-0.3, -0.25) is 10.1 Å². The molecule has 102 valence electrons. The number of carbonyl (C=O) groups is 1. The quantitative estimate of drug-likeness (QED) is 0.765. The van der Waals surface area contributed by atoms with E-state index in [0.29, 0.717) is 18.1 Å². The van der Waals surface area contributed by atoms with Crippen molar-refractivity contribution >= 4 is 11.8 Å². The number of amides is 1. The van der Waals surface area contributed by atoms with Gasteiger partial charge in [-0.2, -0.15) is 0 Å². The summed E-state index contributed by atoms with van der Waals surface area (Å²) in [6, 6.07) is 1.64. The molecule has 0 saturated carbocycles. The first-order chi connectivity index (χ1) is 9.17. The highest BCUT2D eigenvalue weighted by molar-refractivity contribution is 5.89. The predicted molar refractivity (Wildman–Crippen MR) is 67.3 cm³/mol. The average molecular weight is 264 g/mol. The van der Waals surface area contributed by atoms with Gasteiger partial charge in [0.15, 0.2) is 0 Å². The molecule has 8 heteroatoms. The van der Waals surface area contributed by atoms with Crippen LogP contribution in [-0.2, 0) is 17.8 Å². The molecule has 0 radical (unpaired) electrons. The number of aryl methyl sites for hydroxylation is 2. The van der Waals surface area contributed by atoms with E-state index in [-0.39, 0.29) is 12.5 Å². The largest absolute Gasteiger partial charge is 0.338 e. The molecule has 0 saturated heterocycles. The number of nitrogens with two attached hydrogens (primary N) is 1. The van der Waals surface area contributed by atoms with Crippen LogP contribution < -0.4 is 11.1 Å². The maximum atomic E-state index is 11.7. The molecule has 0 aliphatic carbocycles. The summed E-state index contributed by atoms with van der Waals surface area (Å²) in [5, 5.41) is 14.1. The van der Waals surface area contributed by atoms with Gasteiger partial charge in [-0.1, -0.05) is 10.4 Å². The highest BCUT2D eigenvalue weighted by Crippen LogP contribution is 2.08. The molecule has 2 heterocycles. The molecule has 0 aliphatic rings. The first-order valence-electron chi connectivity index (χ1n) is 5.99. The highest BCUT2D eigenvalue weighted by Gasteiger charge is 2.09. The molecule has 0 atom stereocenters. The molecule has 19 heavy (non-hydrogen) atoms. The first kappa shape index (κ1) is 13.2. The predicted octanol–water partition coefficient (Wildman–Crippen LogP) is 0.105. The molecule has 2 aromatic rings. The Morgan fingerprint density at radius 3 is 3.11 bits per heavy atom. The van der Waals surface area contributed by atoms with Crippen molar-refractivity contribution in [3.63, 3.8) is 0 Å². The zero-order chi connectivity index (χ0) is 13.7. The Morgan fingerprint density at radius 1 is 1.58 bits per heavy atom. The summed E-state index contributed by atoms with van der Waals surface area (Å²) in [5.74, 6) is 0.0809. The molecule has 2 aromatic heterocycles. The van der Waals surface area contributed by atoms with Crippen molar-refractivity contribution < 1.29 is 9.32 Å². The minimum Gasteiger partial charge on any atom is -0.338 e. The highest BCUT2D eigenvalue weighted by atomic mass is 16.5. The zero-order valence-electron chi connectivity index (χ0n) is 10.7. The van der Waals surface area contributed by atoms with Crippen LogP contribution in [0.25, 0.3) is 0 Å². The summed E-state index contributed by atoms with van der Waals surface area (Å²) in [4.78, 5) is 11.7. The van der Waals surface area contributed by atoms with Crippen LogP contribution in [0.15, 0.2) is 16.8 Å². The Hall–Kier alpha value is -2.22. The summed E-state index contributed by atoms with van der Waals surface area (Å²) < 4.78 is 6.37. The van der Waals surface area contributed by atoms with Gasteiger partial charge in [0.25, 0.3) is 0 Å². The van der Waals surface area contributed by atoms with E-state index in [1.54, 1.807) is 19.2 Å². The lowest BCUT2D eigenvalue weighted by atomic mass is 10.2. The average Bonchev–Trinajstić information content (AvgIpc) is 2.96. The Kier molecular flexibility index (Phi) is 4.24. The van der Waals surface area contributed by atoms with Crippen LogP contribution >= 0.6 is 0 Å². The van der Waals surface area contributed by atoms with Crippen molar-refractivity contribution in [2.45, 2.75) is 26.3 Å². The molecule has 3 N–H and O–H groups in total. The van der Waals surface area contributed by atoms with Gasteiger partial charge in [0, 0.05) is 12.3 Å². The van der Waals surface area contributed by atoms with Gasteiger partial charge in [-0.05, 0) is 26.3 Å². The number of hydrogen-bond donors (Lipinski definition) is 2. The normalized spacial score (nSPS) is 10.6. The number of carbonyl (C=O) groups excluding carboxylic acids is 1. The lowest BCUT2D eigenvalue weighted by molar-refractivity contribution is -0.117. The van der Waals surface area contributed by atoms with Crippen LogP contribution in [0, 0.1) is 6.92 Å². The van der Waals surface area contributed by atoms with Crippen LogP contribution in [0.5, 0.6) is 0 Å². The monoisotopic (exact) mass is 264 g/mol. The van der Waals surface area contributed by atoms with Gasteiger partial charge in [0.1, 0.15) is 6.54 Å². The molecule has 0 aromatic carbocycles. The number of anilines is 1. The molecule has 0 bridgehead atoms. The van der Waals surface area contributed by atoms with Crippen molar-refractivity contribution in [2.24, 2.45) is 5.73 Å². The molecule has 0 fully saturated rings. The second-order valence-electron chi connectivity index (χ2n) is 4.18. The summed E-state index contributed by atoms with van der Waals surface area (Å²) in [5.41, 5.74) is 6.95. The molecule has 0 aliphatic heterocycles. The number of rotatable bonds is 6. The fraction of sp³-hybridized carbons (Fsp3) is 0.455. The fourth-order valence-electron chi connectivity index (χ4n) is 1.56. The number of nitrogens with zero attached hydrogens (tertiary/aromatic N) is 4. The third-order valence-corrected chi connectivity index (χ3v) is 2.42. The minimum atomic E-state index is -0.244. The van der Waals surface area contributed by atoms with Crippen molar-refractivity contribution in [1.82, 2.24) is 20.2 Å². The molecule has 1 amide bonds. The van der Waals surface area contributed by atoms with Crippen LogP contribution in [-0.4, -0.2) is 32.6 Å². The van der Waals surface area contributed by atoms with Crippen molar-refractivity contribution in [1.29, 1.82) is 0 Å². The Labute approximate surface area is 109 Å². The molecule has 8 nitrogen and oxygen atoms in total. The zero-order valence-corrected chi connectivity index (χ0v) is 10.7. The van der Waals surface area contributed by atoms with Gasteiger partial charge in [-0.25, -0.2) is 4.68 Å². The molecule has 0 spiro atoms. The SMILES string of the molecule is Cc1cc(NC(=O)Cn2cc(CCCN)nn2)on1. The van der Waals surface area contributed by atoms with Crippen LogP contribution in [0.4, 0.5) is 5.88 Å². The van der Waals surface area contributed by atoms with Gasteiger partial charge in [0.2, 0.25) is 11.8 Å².